The second-order valence-electron chi connectivity index (χ2n) is 7.10. The van der Waals surface area contributed by atoms with Crippen molar-refractivity contribution in [1.82, 2.24) is 9.80 Å². The van der Waals surface area contributed by atoms with Gasteiger partial charge in [0.2, 0.25) is 0 Å². The first-order chi connectivity index (χ1) is 12.7. The van der Waals surface area contributed by atoms with E-state index in [1.54, 1.807) is 0 Å². The lowest BCUT2D eigenvalue weighted by atomic mass is 10.0. The Morgan fingerprint density at radius 2 is 1.88 bits per heavy atom. The Hall–Kier alpha value is -1.04. The molecule has 0 aliphatic carbocycles. The Morgan fingerprint density at radius 3 is 2.73 bits per heavy atom. The molecule has 0 N–H and O–H groups in total. The van der Waals surface area contributed by atoms with E-state index in [9.17, 15) is 0 Å². The molecule has 138 valence electrons. The third-order valence-corrected chi connectivity index (χ3v) is 6.68. The summed E-state index contributed by atoms with van der Waals surface area (Å²) in [5.41, 5.74) is 2.58. The molecular weight excluding hydrogens is 364 g/mol. The lowest BCUT2D eigenvalue weighted by molar-refractivity contribution is 0.0274. The van der Waals surface area contributed by atoms with Crippen molar-refractivity contribution in [2.75, 3.05) is 46.4 Å². The first kappa shape index (κ1) is 18.3. The molecule has 2 heterocycles. The van der Waals surface area contributed by atoms with Crippen LogP contribution in [0.25, 0.3) is 0 Å². The highest BCUT2D eigenvalue weighted by Crippen LogP contribution is 2.42. The van der Waals surface area contributed by atoms with Crippen LogP contribution in [0.3, 0.4) is 0 Å². The van der Waals surface area contributed by atoms with Crippen LogP contribution < -0.4 is 0 Å². The summed E-state index contributed by atoms with van der Waals surface area (Å²) in [6.07, 6.45) is 0.964. The average molecular weight is 389 g/mol. The number of hydrogen-bond acceptors (Lipinski definition) is 4. The molecule has 0 saturated carbocycles. The molecule has 3 nitrogen and oxygen atoms in total. The van der Waals surface area contributed by atoms with Gasteiger partial charge in [-0.15, -0.1) is 0 Å². The number of rotatable bonds is 4. The van der Waals surface area contributed by atoms with Gasteiger partial charge in [-0.25, -0.2) is 0 Å². The van der Waals surface area contributed by atoms with Crippen molar-refractivity contribution in [1.29, 1.82) is 0 Å². The maximum Gasteiger partial charge on any atom is 0.0877 e. The zero-order valence-electron chi connectivity index (χ0n) is 15.2. The van der Waals surface area contributed by atoms with Crippen LogP contribution in [0.4, 0.5) is 0 Å². The van der Waals surface area contributed by atoms with Crippen LogP contribution in [0, 0.1) is 0 Å². The summed E-state index contributed by atoms with van der Waals surface area (Å²) < 4.78 is 6.40. The topological polar surface area (TPSA) is 15.7 Å². The molecule has 26 heavy (non-hydrogen) atoms. The minimum Gasteiger partial charge on any atom is -0.372 e. The highest BCUT2D eigenvalue weighted by molar-refractivity contribution is 7.99. The first-order valence-corrected chi connectivity index (χ1v) is 10.5. The molecule has 1 fully saturated rings. The fourth-order valence-electron chi connectivity index (χ4n) is 3.61. The van der Waals surface area contributed by atoms with Crippen molar-refractivity contribution in [2.45, 2.75) is 22.3 Å². The summed E-state index contributed by atoms with van der Waals surface area (Å²) >= 11 is 8.12. The zero-order valence-corrected chi connectivity index (χ0v) is 16.7. The highest BCUT2D eigenvalue weighted by atomic mass is 35.5. The van der Waals surface area contributed by atoms with Gasteiger partial charge < -0.3 is 9.64 Å². The number of hydrogen-bond donors (Lipinski definition) is 0. The molecule has 0 spiro atoms. The maximum absolute atomic E-state index is 6.40. The Bertz CT molecular complexity index is 761. The summed E-state index contributed by atoms with van der Waals surface area (Å²) in [5.74, 6) is 0. The Balaban J connectivity index is 1.48. The molecule has 2 aromatic carbocycles. The lowest BCUT2D eigenvalue weighted by Crippen LogP contribution is -2.45. The van der Waals surface area contributed by atoms with Crippen LogP contribution in [0.2, 0.25) is 5.02 Å². The van der Waals surface area contributed by atoms with E-state index < -0.39 is 0 Å². The molecule has 2 aromatic rings. The van der Waals surface area contributed by atoms with Crippen molar-refractivity contribution < 1.29 is 4.74 Å². The van der Waals surface area contributed by atoms with Crippen LogP contribution in [0.5, 0.6) is 0 Å². The quantitative estimate of drug-likeness (QED) is 0.773. The predicted octanol–water partition coefficient (Wildman–Crippen LogP) is 4.35. The molecule has 4 rings (SSSR count). The largest absolute Gasteiger partial charge is 0.372 e. The van der Waals surface area contributed by atoms with E-state index in [2.05, 4.69) is 53.2 Å². The molecule has 5 heteroatoms. The van der Waals surface area contributed by atoms with Gasteiger partial charge in [0.15, 0.2) is 0 Å². The number of ether oxygens (including phenoxy) is 1. The highest BCUT2D eigenvalue weighted by Gasteiger charge is 2.24. The molecular formula is C21H25ClN2OS. The first-order valence-electron chi connectivity index (χ1n) is 9.27. The molecule has 0 aromatic heterocycles. The smallest absolute Gasteiger partial charge is 0.0877 e. The second kappa shape index (κ2) is 8.32. The Morgan fingerprint density at radius 1 is 1.08 bits per heavy atom. The number of nitrogens with zero attached hydrogens (tertiary/aromatic N) is 2. The molecule has 2 aliphatic rings. The van der Waals surface area contributed by atoms with E-state index in [0.29, 0.717) is 0 Å². The van der Waals surface area contributed by atoms with Crippen molar-refractivity contribution in [2.24, 2.45) is 0 Å². The van der Waals surface area contributed by atoms with Gasteiger partial charge in [0, 0.05) is 54.0 Å². The normalized spacial score (nSPS) is 21.1. The van der Waals surface area contributed by atoms with E-state index in [1.807, 2.05) is 17.8 Å². The number of halogens is 1. The molecule has 0 radical (unpaired) electrons. The second-order valence-corrected chi connectivity index (χ2v) is 8.62. The monoisotopic (exact) mass is 388 g/mol. The molecule has 1 atom stereocenters. The summed E-state index contributed by atoms with van der Waals surface area (Å²) in [4.78, 5) is 7.46. The fraction of sp³-hybridized carbons (Fsp3) is 0.429. The van der Waals surface area contributed by atoms with E-state index in [1.165, 1.54) is 20.9 Å². The van der Waals surface area contributed by atoms with Gasteiger partial charge in [0.05, 0.1) is 12.7 Å². The third kappa shape index (κ3) is 4.26. The molecule has 1 saturated heterocycles. The number of piperazine rings is 1. The maximum atomic E-state index is 6.40. The summed E-state index contributed by atoms with van der Waals surface area (Å²) in [6.45, 7) is 6.30. The average Bonchev–Trinajstić information content (AvgIpc) is 2.80. The predicted molar refractivity (Wildman–Crippen MR) is 108 cm³/mol. The lowest BCUT2D eigenvalue weighted by Gasteiger charge is -2.32. The zero-order chi connectivity index (χ0) is 17.9. The summed E-state index contributed by atoms with van der Waals surface area (Å²) in [5, 5.41) is 0.781. The number of fused-ring (bicyclic) bond motifs is 2. The molecule has 0 unspecified atom stereocenters. The van der Waals surface area contributed by atoms with Crippen LogP contribution in [0.1, 0.15) is 17.2 Å². The minimum absolute atomic E-state index is 0.0623. The van der Waals surface area contributed by atoms with E-state index >= 15 is 0 Å². The minimum atomic E-state index is 0.0623. The van der Waals surface area contributed by atoms with Crippen molar-refractivity contribution in [3.05, 3.63) is 58.6 Å². The van der Waals surface area contributed by atoms with E-state index in [4.69, 9.17) is 16.3 Å². The van der Waals surface area contributed by atoms with Crippen molar-refractivity contribution >= 4 is 23.4 Å². The van der Waals surface area contributed by atoms with Crippen LogP contribution >= 0.6 is 23.4 Å². The van der Waals surface area contributed by atoms with Gasteiger partial charge in [0.1, 0.15) is 0 Å². The van der Waals surface area contributed by atoms with Crippen LogP contribution in [-0.2, 0) is 11.2 Å². The van der Waals surface area contributed by atoms with Crippen molar-refractivity contribution in [3.8, 4) is 0 Å². The standard InChI is InChI=1S/C21H25ClN2OS/c1-23-8-10-24(11-9-23)12-13-25-19-14-16-4-2-3-5-20(16)26-21-7-6-17(22)15-18(19)21/h2-7,15,19H,8-14H2,1H3/t19-/m1/s1. The van der Waals surface area contributed by atoms with Crippen molar-refractivity contribution in [3.63, 3.8) is 0 Å². The van der Waals surface area contributed by atoms with Gasteiger partial charge in [-0.2, -0.15) is 0 Å². The summed E-state index contributed by atoms with van der Waals surface area (Å²) in [7, 11) is 2.19. The fourth-order valence-corrected chi connectivity index (χ4v) is 4.90. The van der Waals surface area contributed by atoms with Gasteiger partial charge in [-0.3, -0.25) is 4.90 Å². The van der Waals surface area contributed by atoms with Gasteiger partial charge in [0.25, 0.3) is 0 Å². The van der Waals surface area contributed by atoms with Crippen LogP contribution in [-0.4, -0.2) is 56.2 Å². The number of likely N-dealkylation sites (N-methyl/N-ethyl adjacent to an activating group) is 1. The Labute approximate surface area is 165 Å². The molecule has 0 amide bonds. The molecule has 2 aliphatic heterocycles. The number of benzene rings is 2. The SMILES string of the molecule is CN1CCN(CCO[C@@H]2Cc3ccccc3Sc3ccc(Cl)cc32)CC1. The van der Waals surface area contributed by atoms with Gasteiger partial charge in [-0.05, 0) is 42.4 Å². The van der Waals surface area contributed by atoms with Gasteiger partial charge >= 0.3 is 0 Å². The third-order valence-electron chi connectivity index (χ3n) is 5.24. The summed E-state index contributed by atoms with van der Waals surface area (Å²) in [6, 6.07) is 14.8. The Kier molecular flexibility index (Phi) is 5.87. The van der Waals surface area contributed by atoms with Crippen LogP contribution in [0.15, 0.2) is 52.3 Å². The van der Waals surface area contributed by atoms with Gasteiger partial charge in [-0.1, -0.05) is 41.6 Å². The van der Waals surface area contributed by atoms with E-state index in [-0.39, 0.29) is 6.10 Å². The molecule has 0 bridgehead atoms. The van der Waals surface area contributed by atoms with E-state index in [0.717, 1.165) is 50.8 Å².